The van der Waals surface area contributed by atoms with Crippen LogP contribution < -0.4 is 5.32 Å². The summed E-state index contributed by atoms with van der Waals surface area (Å²) >= 11 is 6.09. The average molecular weight is 308 g/mol. The average Bonchev–Trinajstić information content (AvgIpc) is 2.94. The maximum absolute atomic E-state index is 12.9. The molecule has 1 aliphatic rings. The molecule has 1 N–H and O–H groups in total. The Balaban J connectivity index is 2.10. The van der Waals surface area contributed by atoms with Gasteiger partial charge in [0.05, 0.1) is 6.04 Å². The Morgan fingerprint density at radius 2 is 1.86 bits per heavy atom. The predicted octanol–water partition coefficient (Wildman–Crippen LogP) is 4.69. The topological polar surface area (TPSA) is 29.1 Å². The molecule has 3 heteroatoms. The number of rotatable bonds is 6. The summed E-state index contributed by atoms with van der Waals surface area (Å²) in [5.41, 5.74) is 0.909. The largest absolute Gasteiger partial charge is 0.348 e. The summed E-state index contributed by atoms with van der Waals surface area (Å²) in [6.07, 6.45) is 5.33. The van der Waals surface area contributed by atoms with Crippen LogP contribution in [0.1, 0.15) is 57.6 Å². The Morgan fingerprint density at radius 3 is 2.38 bits per heavy atom. The molecule has 2 rings (SSSR count). The zero-order chi connectivity index (χ0) is 15.3. The molecule has 0 saturated heterocycles. The molecule has 0 radical (unpaired) electrons. The highest BCUT2D eigenvalue weighted by molar-refractivity contribution is 6.18. The zero-order valence-electron chi connectivity index (χ0n) is 13.1. The van der Waals surface area contributed by atoms with Gasteiger partial charge in [0.15, 0.2) is 0 Å². The molecule has 0 heterocycles. The molecule has 1 aromatic carbocycles. The smallest absolute Gasteiger partial charge is 0.226 e. The summed E-state index contributed by atoms with van der Waals surface area (Å²) in [5, 5.41) is 3.20. The van der Waals surface area contributed by atoms with Gasteiger partial charge in [-0.05, 0) is 30.7 Å². The summed E-state index contributed by atoms with van der Waals surface area (Å²) in [6, 6.07) is 9.91. The molecule has 1 fully saturated rings. The number of alkyl halides is 1. The minimum absolute atomic E-state index is 0.0926. The van der Waals surface area contributed by atoms with Crippen molar-refractivity contribution >= 4 is 17.5 Å². The lowest BCUT2D eigenvalue weighted by atomic mass is 9.77. The molecule has 1 atom stereocenters. The normalized spacial score (nSPS) is 18.7. The summed E-state index contributed by atoms with van der Waals surface area (Å²) < 4.78 is 0. The number of nitrogens with one attached hydrogen (secondary N) is 1. The molecular weight excluding hydrogens is 282 g/mol. The van der Waals surface area contributed by atoms with E-state index >= 15 is 0 Å². The third-order valence-electron chi connectivity index (χ3n) is 4.50. The van der Waals surface area contributed by atoms with Crippen molar-refractivity contribution in [1.82, 2.24) is 5.32 Å². The van der Waals surface area contributed by atoms with Crippen LogP contribution in [-0.4, -0.2) is 11.8 Å². The standard InChI is InChI=1S/C18H26ClNO/c1-14(2)12-18(10-6-7-11-18)17(21)20-16(13-19)15-8-4-3-5-9-15/h3-5,8-9,14,16H,6-7,10-13H2,1-2H3,(H,20,21). The lowest BCUT2D eigenvalue weighted by Gasteiger charge is -2.31. The van der Waals surface area contributed by atoms with Crippen molar-refractivity contribution in [2.24, 2.45) is 11.3 Å². The van der Waals surface area contributed by atoms with E-state index in [9.17, 15) is 4.79 Å². The van der Waals surface area contributed by atoms with Gasteiger partial charge in [-0.1, -0.05) is 57.0 Å². The van der Waals surface area contributed by atoms with Crippen LogP contribution in [0, 0.1) is 11.3 Å². The lowest BCUT2D eigenvalue weighted by Crippen LogP contribution is -2.42. The minimum atomic E-state index is -0.173. The monoisotopic (exact) mass is 307 g/mol. The van der Waals surface area contributed by atoms with E-state index in [4.69, 9.17) is 11.6 Å². The van der Waals surface area contributed by atoms with Gasteiger partial charge in [-0.15, -0.1) is 11.6 Å². The Bertz CT molecular complexity index is 452. The second kappa shape index (κ2) is 7.31. The molecule has 0 aromatic heterocycles. The quantitative estimate of drug-likeness (QED) is 0.759. The van der Waals surface area contributed by atoms with E-state index in [0.29, 0.717) is 11.8 Å². The van der Waals surface area contributed by atoms with Crippen LogP contribution in [0.3, 0.4) is 0 Å². The Labute approximate surface area is 133 Å². The van der Waals surface area contributed by atoms with Gasteiger partial charge in [-0.25, -0.2) is 0 Å². The van der Waals surface area contributed by atoms with Gasteiger partial charge in [0.1, 0.15) is 0 Å². The number of amides is 1. The van der Waals surface area contributed by atoms with E-state index < -0.39 is 0 Å². The van der Waals surface area contributed by atoms with Gasteiger partial charge in [0.2, 0.25) is 5.91 Å². The third-order valence-corrected chi connectivity index (χ3v) is 4.81. The first-order valence-electron chi connectivity index (χ1n) is 7.99. The first-order valence-corrected chi connectivity index (χ1v) is 8.53. The highest BCUT2D eigenvalue weighted by Gasteiger charge is 2.41. The second-order valence-corrected chi connectivity index (χ2v) is 6.99. The molecule has 1 aromatic rings. The van der Waals surface area contributed by atoms with Crippen LogP contribution in [0.15, 0.2) is 30.3 Å². The fourth-order valence-electron chi connectivity index (χ4n) is 3.56. The van der Waals surface area contributed by atoms with Gasteiger partial charge in [0.25, 0.3) is 0 Å². The second-order valence-electron chi connectivity index (χ2n) is 6.68. The molecule has 0 spiro atoms. The van der Waals surface area contributed by atoms with Crippen molar-refractivity contribution in [3.8, 4) is 0 Å². The summed E-state index contributed by atoms with van der Waals surface area (Å²) in [7, 11) is 0. The Hall–Kier alpha value is -1.02. The van der Waals surface area contributed by atoms with Crippen LogP contribution in [-0.2, 0) is 4.79 Å². The molecule has 116 valence electrons. The van der Waals surface area contributed by atoms with Crippen molar-refractivity contribution in [3.63, 3.8) is 0 Å². The fourth-order valence-corrected chi connectivity index (χ4v) is 3.82. The van der Waals surface area contributed by atoms with E-state index in [2.05, 4.69) is 19.2 Å². The van der Waals surface area contributed by atoms with Crippen molar-refractivity contribution in [2.45, 2.75) is 52.0 Å². The molecule has 21 heavy (non-hydrogen) atoms. The minimum Gasteiger partial charge on any atom is -0.348 e. The maximum atomic E-state index is 12.9. The number of carbonyl (C=O) groups is 1. The van der Waals surface area contributed by atoms with Crippen molar-refractivity contribution in [1.29, 1.82) is 0 Å². The van der Waals surface area contributed by atoms with Crippen LogP contribution in [0.2, 0.25) is 0 Å². The zero-order valence-corrected chi connectivity index (χ0v) is 13.8. The molecular formula is C18H26ClNO. The van der Waals surface area contributed by atoms with E-state index in [-0.39, 0.29) is 17.4 Å². The molecule has 1 saturated carbocycles. The van der Waals surface area contributed by atoms with Gasteiger partial charge >= 0.3 is 0 Å². The van der Waals surface area contributed by atoms with Crippen molar-refractivity contribution in [3.05, 3.63) is 35.9 Å². The number of halogens is 1. The lowest BCUT2D eigenvalue weighted by molar-refractivity contribution is -0.132. The van der Waals surface area contributed by atoms with Crippen LogP contribution in [0.25, 0.3) is 0 Å². The van der Waals surface area contributed by atoms with E-state index in [1.807, 2.05) is 30.3 Å². The number of hydrogen-bond acceptors (Lipinski definition) is 1. The fraction of sp³-hybridized carbons (Fsp3) is 0.611. The van der Waals surface area contributed by atoms with E-state index in [1.54, 1.807) is 0 Å². The molecule has 1 aliphatic carbocycles. The first-order chi connectivity index (χ1) is 10.1. The maximum Gasteiger partial charge on any atom is 0.226 e. The molecule has 1 unspecified atom stereocenters. The SMILES string of the molecule is CC(C)CC1(C(=O)NC(CCl)c2ccccc2)CCCC1. The van der Waals surface area contributed by atoms with E-state index in [0.717, 1.165) is 37.7 Å². The summed E-state index contributed by atoms with van der Waals surface area (Å²) in [5.74, 6) is 1.15. The highest BCUT2D eigenvalue weighted by atomic mass is 35.5. The van der Waals surface area contributed by atoms with Gasteiger partial charge in [-0.3, -0.25) is 4.79 Å². The van der Waals surface area contributed by atoms with Crippen molar-refractivity contribution < 1.29 is 4.79 Å². The highest BCUT2D eigenvalue weighted by Crippen LogP contribution is 2.43. The summed E-state index contributed by atoms with van der Waals surface area (Å²) in [4.78, 5) is 12.9. The van der Waals surface area contributed by atoms with Crippen molar-refractivity contribution in [2.75, 3.05) is 5.88 Å². The van der Waals surface area contributed by atoms with Crippen LogP contribution >= 0.6 is 11.6 Å². The van der Waals surface area contributed by atoms with Gasteiger partial charge in [-0.2, -0.15) is 0 Å². The predicted molar refractivity (Wildman–Crippen MR) is 88.4 cm³/mol. The van der Waals surface area contributed by atoms with E-state index in [1.165, 1.54) is 0 Å². The molecule has 0 bridgehead atoms. The molecule has 0 aliphatic heterocycles. The summed E-state index contributed by atoms with van der Waals surface area (Å²) in [6.45, 7) is 4.40. The number of benzene rings is 1. The molecule has 2 nitrogen and oxygen atoms in total. The van der Waals surface area contributed by atoms with Crippen LogP contribution in [0.4, 0.5) is 0 Å². The number of carbonyl (C=O) groups excluding carboxylic acids is 1. The first kappa shape index (κ1) is 16.4. The van der Waals surface area contributed by atoms with Crippen LogP contribution in [0.5, 0.6) is 0 Å². The Morgan fingerprint density at radius 1 is 1.24 bits per heavy atom. The number of hydrogen-bond donors (Lipinski definition) is 1. The van der Waals surface area contributed by atoms with Gasteiger partial charge in [0, 0.05) is 11.3 Å². The Kier molecular flexibility index (Phi) is 5.69. The third kappa shape index (κ3) is 4.00. The van der Waals surface area contributed by atoms with Gasteiger partial charge < -0.3 is 5.32 Å². The molecule has 1 amide bonds.